The van der Waals surface area contributed by atoms with Crippen molar-refractivity contribution in [2.24, 2.45) is 5.92 Å². The lowest BCUT2D eigenvalue weighted by Gasteiger charge is -2.13. The molecule has 1 fully saturated rings. The van der Waals surface area contributed by atoms with E-state index < -0.39 is 10.0 Å². The van der Waals surface area contributed by atoms with E-state index in [1.54, 1.807) is 12.1 Å². The first-order chi connectivity index (χ1) is 10.9. The third-order valence-electron chi connectivity index (χ3n) is 3.81. The molecule has 7 heteroatoms. The largest absolute Gasteiger partial charge is 0.325 e. The van der Waals surface area contributed by atoms with Crippen LogP contribution in [0.15, 0.2) is 29.2 Å². The highest BCUT2D eigenvalue weighted by atomic mass is 32.2. The molecule has 1 aromatic carbocycles. The number of sulfonamides is 1. The predicted molar refractivity (Wildman–Crippen MR) is 90.7 cm³/mol. The minimum Gasteiger partial charge on any atom is -0.325 e. The zero-order valence-electron chi connectivity index (χ0n) is 13.6. The average Bonchev–Trinajstić information content (AvgIpc) is 3.31. The van der Waals surface area contributed by atoms with Gasteiger partial charge in [-0.2, -0.15) is 0 Å². The molecule has 0 bridgehead atoms. The zero-order valence-corrected chi connectivity index (χ0v) is 14.4. The molecule has 0 aliphatic heterocycles. The van der Waals surface area contributed by atoms with Crippen LogP contribution in [0.25, 0.3) is 0 Å². The van der Waals surface area contributed by atoms with Gasteiger partial charge in [-0.25, -0.2) is 13.1 Å². The van der Waals surface area contributed by atoms with Gasteiger partial charge in [-0.3, -0.25) is 4.79 Å². The van der Waals surface area contributed by atoms with Crippen molar-refractivity contribution in [3.05, 3.63) is 24.3 Å². The molecule has 1 aromatic rings. The third kappa shape index (κ3) is 5.93. The predicted octanol–water partition coefficient (Wildman–Crippen LogP) is 1.70. The van der Waals surface area contributed by atoms with Gasteiger partial charge in [0.1, 0.15) is 0 Å². The maximum absolute atomic E-state index is 12.3. The van der Waals surface area contributed by atoms with Crippen LogP contribution in [0.3, 0.4) is 0 Å². The van der Waals surface area contributed by atoms with Crippen LogP contribution >= 0.6 is 0 Å². The van der Waals surface area contributed by atoms with E-state index in [1.807, 2.05) is 13.8 Å². The number of benzene rings is 1. The van der Waals surface area contributed by atoms with Crippen LogP contribution in [0, 0.1) is 5.92 Å². The molecule has 0 saturated heterocycles. The fourth-order valence-electron chi connectivity index (χ4n) is 2.07. The molecule has 1 aliphatic rings. The maximum atomic E-state index is 12.3. The van der Waals surface area contributed by atoms with Crippen LogP contribution in [-0.4, -0.2) is 33.5 Å². The number of amides is 1. The Bertz CT molecular complexity index is 642. The van der Waals surface area contributed by atoms with E-state index in [-0.39, 0.29) is 23.4 Å². The van der Waals surface area contributed by atoms with Crippen LogP contribution in [0.4, 0.5) is 5.69 Å². The van der Waals surface area contributed by atoms with Gasteiger partial charge < -0.3 is 10.6 Å². The lowest BCUT2D eigenvalue weighted by Crippen LogP contribution is -2.32. The molecule has 1 amide bonds. The highest BCUT2D eigenvalue weighted by molar-refractivity contribution is 7.89. The second-order valence-corrected chi connectivity index (χ2v) is 7.79. The second kappa shape index (κ2) is 7.90. The van der Waals surface area contributed by atoms with E-state index in [4.69, 9.17) is 0 Å². The topological polar surface area (TPSA) is 87.3 Å². The van der Waals surface area contributed by atoms with E-state index in [0.29, 0.717) is 18.0 Å². The van der Waals surface area contributed by atoms with Crippen LogP contribution in [0.5, 0.6) is 0 Å². The molecule has 1 aliphatic carbocycles. The van der Waals surface area contributed by atoms with Crippen molar-refractivity contribution >= 4 is 21.6 Å². The number of anilines is 1. The Kier molecular flexibility index (Phi) is 6.15. The summed E-state index contributed by atoms with van der Waals surface area (Å²) in [5, 5.41) is 5.83. The highest BCUT2D eigenvalue weighted by Crippen LogP contribution is 2.27. The first-order valence-electron chi connectivity index (χ1n) is 8.03. The summed E-state index contributed by atoms with van der Waals surface area (Å²) in [5.41, 5.74) is 0.482. The number of rotatable bonds is 9. The van der Waals surface area contributed by atoms with Crippen molar-refractivity contribution < 1.29 is 13.2 Å². The van der Waals surface area contributed by atoms with Crippen LogP contribution in [0.2, 0.25) is 0 Å². The van der Waals surface area contributed by atoms with Crippen LogP contribution in [-0.2, 0) is 14.8 Å². The van der Waals surface area contributed by atoms with Gasteiger partial charge in [-0.05, 0) is 56.8 Å². The molecule has 2 rings (SSSR count). The molecule has 1 atom stereocenters. The SMILES string of the molecule is CCC(C)NS(=O)(=O)c1cccc(NC(=O)CNCC2CC2)c1. The van der Waals surface area contributed by atoms with Gasteiger partial charge in [0.05, 0.1) is 11.4 Å². The molecule has 6 nitrogen and oxygen atoms in total. The fraction of sp³-hybridized carbons (Fsp3) is 0.562. The Morgan fingerprint density at radius 1 is 1.35 bits per heavy atom. The van der Waals surface area contributed by atoms with Gasteiger partial charge >= 0.3 is 0 Å². The van der Waals surface area contributed by atoms with Gasteiger partial charge in [0.25, 0.3) is 0 Å². The van der Waals surface area contributed by atoms with E-state index in [0.717, 1.165) is 6.54 Å². The van der Waals surface area contributed by atoms with E-state index in [9.17, 15) is 13.2 Å². The van der Waals surface area contributed by atoms with E-state index in [1.165, 1.54) is 25.0 Å². The molecule has 1 saturated carbocycles. The molecular formula is C16H25N3O3S. The molecule has 3 N–H and O–H groups in total. The summed E-state index contributed by atoms with van der Waals surface area (Å²) in [6.45, 7) is 4.83. The van der Waals surface area contributed by atoms with Gasteiger partial charge in [0, 0.05) is 11.7 Å². The number of hydrogen-bond donors (Lipinski definition) is 3. The monoisotopic (exact) mass is 339 g/mol. The van der Waals surface area contributed by atoms with Crippen molar-refractivity contribution in [2.45, 2.75) is 44.0 Å². The molecule has 1 unspecified atom stereocenters. The number of nitrogens with one attached hydrogen (secondary N) is 3. The van der Waals surface area contributed by atoms with Crippen LogP contribution in [0.1, 0.15) is 33.1 Å². The third-order valence-corrected chi connectivity index (χ3v) is 5.40. The highest BCUT2D eigenvalue weighted by Gasteiger charge is 2.21. The molecule has 0 radical (unpaired) electrons. The van der Waals surface area contributed by atoms with Crippen molar-refractivity contribution in [2.75, 3.05) is 18.4 Å². The molecule has 0 aromatic heterocycles. The summed E-state index contributed by atoms with van der Waals surface area (Å²) < 4.78 is 27.1. The maximum Gasteiger partial charge on any atom is 0.240 e. The first kappa shape index (κ1) is 17.9. The van der Waals surface area contributed by atoms with Crippen molar-refractivity contribution in [3.63, 3.8) is 0 Å². The Morgan fingerprint density at radius 3 is 2.74 bits per heavy atom. The number of carbonyl (C=O) groups excluding carboxylic acids is 1. The first-order valence-corrected chi connectivity index (χ1v) is 9.52. The van der Waals surface area contributed by atoms with Crippen molar-refractivity contribution in [1.29, 1.82) is 0 Å². The summed E-state index contributed by atoms with van der Waals surface area (Å²) in [5.74, 6) is 0.540. The Hall–Kier alpha value is -1.44. The zero-order chi connectivity index (χ0) is 16.9. The summed E-state index contributed by atoms with van der Waals surface area (Å²) >= 11 is 0. The molecule has 23 heavy (non-hydrogen) atoms. The minimum atomic E-state index is -3.57. The summed E-state index contributed by atoms with van der Waals surface area (Å²) in [7, 11) is -3.57. The Balaban J connectivity index is 1.94. The average molecular weight is 339 g/mol. The van der Waals surface area contributed by atoms with Crippen LogP contribution < -0.4 is 15.4 Å². The standard InChI is InChI=1S/C16H25N3O3S/c1-3-12(2)19-23(21,22)15-6-4-5-14(9-15)18-16(20)11-17-10-13-7-8-13/h4-6,9,12-13,17,19H,3,7-8,10-11H2,1-2H3,(H,18,20). The molecular weight excluding hydrogens is 314 g/mol. The number of hydrogen-bond acceptors (Lipinski definition) is 4. The normalized spacial score (nSPS) is 16.1. The molecule has 0 spiro atoms. The molecule has 128 valence electrons. The quantitative estimate of drug-likeness (QED) is 0.639. The second-order valence-electron chi connectivity index (χ2n) is 6.08. The smallest absolute Gasteiger partial charge is 0.240 e. The number of carbonyl (C=O) groups is 1. The van der Waals surface area contributed by atoms with E-state index >= 15 is 0 Å². The fourth-order valence-corrected chi connectivity index (χ4v) is 3.45. The minimum absolute atomic E-state index is 0.134. The summed E-state index contributed by atoms with van der Waals surface area (Å²) in [6.07, 6.45) is 3.18. The van der Waals surface area contributed by atoms with Crippen molar-refractivity contribution in [3.8, 4) is 0 Å². The Morgan fingerprint density at radius 2 is 2.09 bits per heavy atom. The van der Waals surface area contributed by atoms with Gasteiger partial charge in [0.15, 0.2) is 0 Å². The lowest BCUT2D eigenvalue weighted by molar-refractivity contribution is -0.115. The Labute approximate surface area is 138 Å². The lowest BCUT2D eigenvalue weighted by atomic mass is 10.3. The van der Waals surface area contributed by atoms with Crippen molar-refractivity contribution in [1.82, 2.24) is 10.0 Å². The summed E-state index contributed by atoms with van der Waals surface area (Å²) in [4.78, 5) is 12.0. The molecule has 0 heterocycles. The van der Waals surface area contributed by atoms with Gasteiger partial charge in [0.2, 0.25) is 15.9 Å². The summed E-state index contributed by atoms with van der Waals surface area (Å²) in [6, 6.07) is 6.17. The van der Waals surface area contributed by atoms with Gasteiger partial charge in [-0.1, -0.05) is 13.0 Å². The van der Waals surface area contributed by atoms with Gasteiger partial charge in [-0.15, -0.1) is 0 Å². The van der Waals surface area contributed by atoms with E-state index in [2.05, 4.69) is 15.4 Å².